The van der Waals surface area contributed by atoms with Crippen LogP contribution in [0.3, 0.4) is 0 Å². The monoisotopic (exact) mass is 504 g/mol. The van der Waals surface area contributed by atoms with Crippen LogP contribution in [-0.4, -0.2) is 20.6 Å². The zero-order valence-corrected chi connectivity index (χ0v) is 19.1. The number of rotatable bonds is 6. The molecule has 2 heterocycles. The van der Waals surface area contributed by atoms with Crippen molar-refractivity contribution in [2.75, 3.05) is 0 Å². The molecule has 32 heavy (non-hydrogen) atoms. The Morgan fingerprint density at radius 3 is 2.59 bits per heavy atom. The van der Waals surface area contributed by atoms with Gasteiger partial charge in [0.25, 0.3) is 5.22 Å². The molecule has 5 nitrogen and oxygen atoms in total. The van der Waals surface area contributed by atoms with E-state index < -0.39 is 5.97 Å². The first-order chi connectivity index (χ1) is 15.6. The van der Waals surface area contributed by atoms with Crippen LogP contribution in [0.25, 0.3) is 28.1 Å². The van der Waals surface area contributed by atoms with Crippen molar-refractivity contribution in [1.29, 1.82) is 0 Å². The molecule has 0 spiro atoms. The van der Waals surface area contributed by atoms with Gasteiger partial charge in [0.1, 0.15) is 10.4 Å². The van der Waals surface area contributed by atoms with Gasteiger partial charge in [0.15, 0.2) is 5.58 Å². The summed E-state index contributed by atoms with van der Waals surface area (Å²) in [6, 6.07) is 23.5. The first-order valence-corrected chi connectivity index (χ1v) is 11.5. The third kappa shape index (κ3) is 4.22. The standard InChI is InChI=1S/C25H17BrN2O3S/c26-18-11-9-16(10-12-18)14-28-15-17(19-5-1-3-7-21(19)28)13-23(24(29)30)32-25-27-20-6-2-4-8-22(20)31-25/h1-13,15H,14H2,(H,29,30)/b23-13-. The first-order valence-electron chi connectivity index (χ1n) is 9.87. The lowest BCUT2D eigenvalue weighted by atomic mass is 10.1. The summed E-state index contributed by atoms with van der Waals surface area (Å²) in [7, 11) is 0. The minimum atomic E-state index is -1.03. The predicted molar refractivity (Wildman–Crippen MR) is 131 cm³/mol. The van der Waals surface area contributed by atoms with E-state index in [2.05, 4.69) is 37.6 Å². The predicted octanol–water partition coefficient (Wildman–Crippen LogP) is 6.81. The van der Waals surface area contributed by atoms with Gasteiger partial charge in [-0.3, -0.25) is 0 Å². The van der Waals surface area contributed by atoms with Crippen LogP contribution in [0.15, 0.2) is 98.0 Å². The van der Waals surface area contributed by atoms with E-state index in [1.54, 1.807) is 6.08 Å². The van der Waals surface area contributed by atoms with Crippen molar-refractivity contribution < 1.29 is 14.3 Å². The van der Waals surface area contributed by atoms with Crippen LogP contribution in [0.2, 0.25) is 0 Å². The number of oxazole rings is 1. The van der Waals surface area contributed by atoms with Crippen molar-refractivity contribution >= 4 is 61.7 Å². The number of aromatic nitrogens is 2. The van der Waals surface area contributed by atoms with Crippen molar-refractivity contribution in [3.8, 4) is 0 Å². The molecule has 0 saturated heterocycles. The van der Waals surface area contributed by atoms with Gasteiger partial charge in [-0.1, -0.05) is 58.4 Å². The lowest BCUT2D eigenvalue weighted by Crippen LogP contribution is -1.98. The summed E-state index contributed by atoms with van der Waals surface area (Å²) in [4.78, 5) is 16.6. The fourth-order valence-electron chi connectivity index (χ4n) is 3.57. The maximum atomic E-state index is 12.0. The van der Waals surface area contributed by atoms with Crippen LogP contribution in [-0.2, 0) is 11.3 Å². The van der Waals surface area contributed by atoms with Gasteiger partial charge in [-0.15, -0.1) is 0 Å². The van der Waals surface area contributed by atoms with Crippen molar-refractivity contribution in [3.63, 3.8) is 0 Å². The maximum absolute atomic E-state index is 12.0. The second-order valence-corrected chi connectivity index (χ2v) is 9.13. The molecule has 0 aliphatic rings. The summed E-state index contributed by atoms with van der Waals surface area (Å²) in [5.41, 5.74) is 4.36. The normalized spacial score (nSPS) is 12.0. The number of carbonyl (C=O) groups is 1. The van der Waals surface area contributed by atoms with E-state index >= 15 is 0 Å². The zero-order valence-electron chi connectivity index (χ0n) is 16.7. The largest absolute Gasteiger partial charge is 0.477 e. The number of benzene rings is 3. The van der Waals surface area contributed by atoms with Crippen molar-refractivity contribution in [1.82, 2.24) is 9.55 Å². The minimum absolute atomic E-state index is 0.142. The van der Waals surface area contributed by atoms with Crippen molar-refractivity contribution in [2.24, 2.45) is 0 Å². The molecule has 2 aromatic heterocycles. The van der Waals surface area contributed by atoms with Gasteiger partial charge in [-0.25, -0.2) is 9.78 Å². The quantitative estimate of drug-likeness (QED) is 0.203. The highest BCUT2D eigenvalue weighted by Crippen LogP contribution is 2.32. The van der Waals surface area contributed by atoms with Gasteiger partial charge in [0, 0.05) is 33.7 Å². The van der Waals surface area contributed by atoms with Gasteiger partial charge < -0.3 is 14.1 Å². The Labute approximate surface area is 196 Å². The number of fused-ring (bicyclic) bond motifs is 2. The molecule has 0 radical (unpaired) electrons. The summed E-state index contributed by atoms with van der Waals surface area (Å²) in [5.74, 6) is -1.03. The summed E-state index contributed by atoms with van der Waals surface area (Å²) < 4.78 is 8.87. The van der Waals surface area contributed by atoms with E-state index in [-0.39, 0.29) is 4.91 Å². The van der Waals surface area contributed by atoms with Crippen LogP contribution in [0.4, 0.5) is 0 Å². The van der Waals surface area contributed by atoms with Gasteiger partial charge in [-0.05, 0) is 53.7 Å². The molecule has 0 atom stereocenters. The number of hydrogen-bond acceptors (Lipinski definition) is 4. The number of thioether (sulfide) groups is 1. The Kier molecular flexibility index (Phi) is 5.59. The lowest BCUT2D eigenvalue weighted by Gasteiger charge is -2.05. The molecule has 0 aliphatic heterocycles. The highest BCUT2D eigenvalue weighted by atomic mass is 79.9. The molecule has 0 amide bonds. The molecule has 3 aromatic carbocycles. The van der Waals surface area contributed by atoms with E-state index in [1.165, 1.54) is 0 Å². The van der Waals surface area contributed by atoms with Gasteiger partial charge in [0.05, 0.1) is 0 Å². The molecular weight excluding hydrogens is 488 g/mol. The van der Waals surface area contributed by atoms with Crippen LogP contribution in [0.1, 0.15) is 11.1 Å². The highest BCUT2D eigenvalue weighted by molar-refractivity contribution is 9.10. The summed E-state index contributed by atoms with van der Waals surface area (Å²) in [5, 5.41) is 11.1. The molecule has 0 bridgehead atoms. The topological polar surface area (TPSA) is 68.3 Å². The number of hydrogen-bond donors (Lipinski definition) is 1. The fraction of sp³-hybridized carbons (Fsp3) is 0.0400. The molecule has 0 aliphatic carbocycles. The van der Waals surface area contributed by atoms with Gasteiger partial charge >= 0.3 is 5.97 Å². The summed E-state index contributed by atoms with van der Waals surface area (Å²) in [6.45, 7) is 0.683. The molecule has 5 rings (SSSR count). The Morgan fingerprint density at radius 2 is 1.81 bits per heavy atom. The molecule has 5 aromatic rings. The minimum Gasteiger partial charge on any atom is -0.477 e. The summed E-state index contributed by atoms with van der Waals surface area (Å²) in [6.07, 6.45) is 3.67. The SMILES string of the molecule is O=C(O)/C(=C/c1cn(Cc2ccc(Br)cc2)c2ccccc12)Sc1nc2ccccc2o1. The van der Waals surface area contributed by atoms with E-state index in [4.69, 9.17) is 4.42 Å². The third-order valence-corrected chi connectivity index (χ3v) is 6.44. The molecule has 0 saturated carbocycles. The van der Waals surface area contributed by atoms with Crippen molar-refractivity contribution in [3.05, 3.63) is 99.5 Å². The zero-order chi connectivity index (χ0) is 22.1. The molecule has 0 fully saturated rings. The Hall–Kier alpha value is -3.29. The Morgan fingerprint density at radius 1 is 1.06 bits per heavy atom. The van der Waals surface area contributed by atoms with E-state index in [0.717, 1.165) is 38.3 Å². The molecule has 0 unspecified atom stereocenters. The number of halogens is 1. The summed E-state index contributed by atoms with van der Waals surface area (Å²) >= 11 is 4.48. The number of aliphatic carboxylic acids is 1. The van der Waals surface area contributed by atoms with Gasteiger partial charge in [-0.2, -0.15) is 0 Å². The van der Waals surface area contributed by atoms with Crippen LogP contribution < -0.4 is 0 Å². The van der Waals surface area contributed by atoms with Gasteiger partial charge in [0.2, 0.25) is 0 Å². The van der Waals surface area contributed by atoms with E-state index in [9.17, 15) is 9.90 Å². The Bertz CT molecular complexity index is 1430. The van der Waals surface area contributed by atoms with E-state index in [1.807, 2.05) is 66.9 Å². The fourth-order valence-corrected chi connectivity index (χ4v) is 4.57. The molecule has 1 N–H and O–H groups in total. The van der Waals surface area contributed by atoms with Crippen molar-refractivity contribution in [2.45, 2.75) is 11.8 Å². The molecule has 7 heteroatoms. The number of nitrogens with zero attached hydrogens (tertiary/aromatic N) is 2. The third-order valence-electron chi connectivity index (χ3n) is 5.05. The average Bonchev–Trinajstić information content (AvgIpc) is 3.36. The number of carboxylic acids is 1. The molecular formula is C25H17BrN2O3S. The van der Waals surface area contributed by atoms with Crippen LogP contribution in [0.5, 0.6) is 0 Å². The smallest absolute Gasteiger partial charge is 0.342 e. The first kappa shape index (κ1) is 20.6. The lowest BCUT2D eigenvalue weighted by molar-refractivity contribution is -0.131. The van der Waals surface area contributed by atoms with E-state index in [0.29, 0.717) is 22.9 Å². The second-order valence-electron chi connectivity index (χ2n) is 7.22. The second kappa shape index (κ2) is 8.68. The Balaban J connectivity index is 1.52. The molecule has 158 valence electrons. The number of carboxylic acid groups (broad SMARTS) is 1. The highest BCUT2D eigenvalue weighted by Gasteiger charge is 2.16. The van der Waals surface area contributed by atoms with Crippen LogP contribution in [0, 0.1) is 0 Å². The number of para-hydroxylation sites is 3. The van der Waals surface area contributed by atoms with Crippen LogP contribution >= 0.6 is 27.7 Å². The maximum Gasteiger partial charge on any atom is 0.342 e. The average molecular weight is 505 g/mol.